The van der Waals surface area contributed by atoms with Gasteiger partial charge in [-0.15, -0.1) is 0 Å². The molecule has 0 spiro atoms. The number of halogens is 3. The maximum Gasteiger partial charge on any atom is 0.399 e. The SMILES string of the molecule is CCCCCCCCCCCCNC(=O)C(F)(F)Cl. The lowest BCUT2D eigenvalue weighted by atomic mass is 10.1. The number of hydrogen-bond acceptors (Lipinski definition) is 1. The summed E-state index contributed by atoms with van der Waals surface area (Å²) in [6.45, 7) is 2.48. The first kappa shape index (κ1) is 18.6. The van der Waals surface area contributed by atoms with Gasteiger partial charge in [-0.05, 0) is 18.0 Å². The van der Waals surface area contributed by atoms with Crippen molar-refractivity contribution in [3.8, 4) is 0 Å². The molecule has 19 heavy (non-hydrogen) atoms. The van der Waals surface area contributed by atoms with Crippen molar-refractivity contribution in [2.75, 3.05) is 6.54 Å². The van der Waals surface area contributed by atoms with Crippen molar-refractivity contribution in [1.82, 2.24) is 5.32 Å². The summed E-state index contributed by atoms with van der Waals surface area (Å²) in [4.78, 5) is 10.7. The van der Waals surface area contributed by atoms with E-state index in [0.29, 0.717) is 0 Å². The molecule has 0 aromatic heterocycles. The van der Waals surface area contributed by atoms with Crippen LogP contribution in [0.5, 0.6) is 0 Å². The van der Waals surface area contributed by atoms with Crippen LogP contribution >= 0.6 is 11.6 Å². The molecule has 0 aromatic carbocycles. The van der Waals surface area contributed by atoms with Crippen LogP contribution in [0.3, 0.4) is 0 Å². The van der Waals surface area contributed by atoms with Gasteiger partial charge < -0.3 is 5.32 Å². The van der Waals surface area contributed by atoms with Crippen LogP contribution in [0.1, 0.15) is 71.1 Å². The maximum absolute atomic E-state index is 12.3. The largest absolute Gasteiger partial charge is 0.399 e. The van der Waals surface area contributed by atoms with Crippen LogP contribution in [0.2, 0.25) is 0 Å². The first-order valence-electron chi connectivity index (χ1n) is 7.33. The molecule has 0 radical (unpaired) electrons. The molecule has 114 valence electrons. The number of unbranched alkanes of at least 4 members (excludes halogenated alkanes) is 9. The van der Waals surface area contributed by atoms with Crippen LogP contribution in [-0.4, -0.2) is 17.8 Å². The smallest absolute Gasteiger partial charge is 0.350 e. The Morgan fingerprint density at radius 1 is 0.947 bits per heavy atom. The molecule has 0 fully saturated rings. The molecular weight excluding hydrogens is 272 g/mol. The molecule has 2 nitrogen and oxygen atoms in total. The summed E-state index contributed by atoms with van der Waals surface area (Å²) >= 11 is 4.57. The Hall–Kier alpha value is -0.380. The van der Waals surface area contributed by atoms with Crippen LogP contribution in [0, 0.1) is 0 Å². The van der Waals surface area contributed by atoms with E-state index in [1.807, 2.05) is 0 Å². The minimum atomic E-state index is -3.78. The monoisotopic (exact) mass is 297 g/mol. The van der Waals surface area contributed by atoms with Gasteiger partial charge in [-0.3, -0.25) is 4.79 Å². The highest BCUT2D eigenvalue weighted by Crippen LogP contribution is 2.18. The van der Waals surface area contributed by atoms with E-state index in [0.717, 1.165) is 19.3 Å². The minimum Gasteiger partial charge on any atom is -0.350 e. The molecule has 1 amide bonds. The third kappa shape index (κ3) is 12.4. The number of hydrogen-bond donors (Lipinski definition) is 1. The van der Waals surface area contributed by atoms with Crippen LogP contribution in [0.4, 0.5) is 8.78 Å². The number of carbonyl (C=O) groups excluding carboxylic acids is 1. The zero-order chi connectivity index (χ0) is 14.6. The fourth-order valence-electron chi connectivity index (χ4n) is 1.91. The van der Waals surface area contributed by atoms with E-state index in [9.17, 15) is 13.6 Å². The zero-order valence-electron chi connectivity index (χ0n) is 11.8. The Labute approximate surface area is 120 Å². The lowest BCUT2D eigenvalue weighted by Gasteiger charge is -2.08. The summed E-state index contributed by atoms with van der Waals surface area (Å²) < 4.78 is 24.5. The van der Waals surface area contributed by atoms with E-state index < -0.39 is 11.3 Å². The second-order valence-electron chi connectivity index (χ2n) is 4.94. The number of rotatable bonds is 12. The Morgan fingerprint density at radius 2 is 1.37 bits per heavy atom. The summed E-state index contributed by atoms with van der Waals surface area (Å²) in [5.41, 5.74) is 0. The van der Waals surface area contributed by atoms with E-state index in [2.05, 4.69) is 23.8 Å². The van der Waals surface area contributed by atoms with Gasteiger partial charge in [0.15, 0.2) is 0 Å². The van der Waals surface area contributed by atoms with Gasteiger partial charge >= 0.3 is 11.3 Å². The molecule has 0 saturated carbocycles. The van der Waals surface area contributed by atoms with Crippen LogP contribution < -0.4 is 5.32 Å². The summed E-state index contributed by atoms with van der Waals surface area (Å²) in [5.74, 6) is -1.40. The van der Waals surface area contributed by atoms with E-state index in [4.69, 9.17) is 0 Å². The molecule has 0 rings (SSSR count). The van der Waals surface area contributed by atoms with E-state index in [1.54, 1.807) is 0 Å². The Kier molecular flexibility index (Phi) is 11.2. The average Bonchev–Trinajstić information content (AvgIpc) is 2.34. The fraction of sp³-hybridized carbons (Fsp3) is 0.929. The van der Waals surface area contributed by atoms with Crippen molar-refractivity contribution in [3.05, 3.63) is 0 Å². The normalized spacial score (nSPS) is 11.6. The highest BCUT2D eigenvalue weighted by atomic mass is 35.5. The molecule has 0 aliphatic heterocycles. The van der Waals surface area contributed by atoms with Crippen molar-refractivity contribution in [2.45, 2.75) is 76.5 Å². The third-order valence-electron chi connectivity index (χ3n) is 3.07. The zero-order valence-corrected chi connectivity index (χ0v) is 12.6. The van der Waals surface area contributed by atoms with Crippen molar-refractivity contribution in [2.24, 2.45) is 0 Å². The number of carbonyl (C=O) groups is 1. The predicted octanol–water partition coefficient (Wildman–Crippen LogP) is 4.86. The van der Waals surface area contributed by atoms with Crippen molar-refractivity contribution in [3.63, 3.8) is 0 Å². The van der Waals surface area contributed by atoms with Gasteiger partial charge in [0.05, 0.1) is 0 Å². The molecule has 5 heteroatoms. The summed E-state index contributed by atoms with van der Waals surface area (Å²) in [5, 5.41) is -1.65. The molecular formula is C14H26ClF2NO. The number of nitrogens with one attached hydrogen (secondary N) is 1. The van der Waals surface area contributed by atoms with Gasteiger partial charge in [0, 0.05) is 6.54 Å². The average molecular weight is 298 g/mol. The van der Waals surface area contributed by atoms with Gasteiger partial charge in [-0.1, -0.05) is 64.7 Å². The standard InChI is InChI=1S/C14H26ClF2NO/c1-2-3-4-5-6-7-8-9-10-11-12-18-13(19)14(15,16)17/h2-12H2,1H3,(H,18,19). The second-order valence-corrected chi connectivity index (χ2v) is 5.41. The number of alkyl halides is 3. The van der Waals surface area contributed by atoms with Crippen LogP contribution in [0.15, 0.2) is 0 Å². The van der Waals surface area contributed by atoms with Crippen molar-refractivity contribution < 1.29 is 13.6 Å². The van der Waals surface area contributed by atoms with Gasteiger partial charge in [-0.25, -0.2) is 0 Å². The van der Waals surface area contributed by atoms with Crippen LogP contribution in [-0.2, 0) is 4.79 Å². The minimum absolute atomic E-state index is 0.275. The Bertz CT molecular complexity index is 232. The maximum atomic E-state index is 12.3. The van der Waals surface area contributed by atoms with Crippen LogP contribution in [0.25, 0.3) is 0 Å². The molecule has 0 bridgehead atoms. The van der Waals surface area contributed by atoms with Crippen molar-refractivity contribution >= 4 is 17.5 Å². The predicted molar refractivity (Wildman–Crippen MR) is 75.7 cm³/mol. The summed E-state index contributed by atoms with van der Waals surface area (Å²) in [7, 11) is 0. The summed E-state index contributed by atoms with van der Waals surface area (Å²) in [6, 6.07) is 0. The molecule has 0 saturated heterocycles. The van der Waals surface area contributed by atoms with E-state index >= 15 is 0 Å². The molecule has 1 N–H and O–H groups in total. The van der Waals surface area contributed by atoms with Gasteiger partial charge in [0.1, 0.15) is 0 Å². The van der Waals surface area contributed by atoms with E-state index in [1.165, 1.54) is 44.9 Å². The molecule has 0 aromatic rings. The summed E-state index contributed by atoms with van der Waals surface area (Å²) in [6.07, 6.45) is 11.7. The first-order chi connectivity index (χ1) is 8.98. The highest BCUT2D eigenvalue weighted by Gasteiger charge is 2.35. The van der Waals surface area contributed by atoms with Gasteiger partial charge in [0.2, 0.25) is 0 Å². The molecule has 0 atom stereocenters. The fourth-order valence-corrected chi connectivity index (χ4v) is 1.98. The lowest BCUT2D eigenvalue weighted by molar-refractivity contribution is -0.135. The number of amides is 1. The quantitative estimate of drug-likeness (QED) is 0.405. The van der Waals surface area contributed by atoms with Crippen molar-refractivity contribution in [1.29, 1.82) is 0 Å². The molecule has 0 aliphatic carbocycles. The second kappa shape index (κ2) is 11.4. The topological polar surface area (TPSA) is 29.1 Å². The van der Waals surface area contributed by atoms with Gasteiger partial charge in [-0.2, -0.15) is 8.78 Å². The Balaban J connectivity index is 3.17. The molecule has 0 unspecified atom stereocenters. The lowest BCUT2D eigenvalue weighted by Crippen LogP contribution is -2.36. The highest BCUT2D eigenvalue weighted by molar-refractivity contribution is 6.32. The Morgan fingerprint density at radius 3 is 1.79 bits per heavy atom. The van der Waals surface area contributed by atoms with Gasteiger partial charge in [0.25, 0.3) is 0 Å². The van der Waals surface area contributed by atoms with E-state index in [-0.39, 0.29) is 6.54 Å². The molecule has 0 heterocycles. The first-order valence-corrected chi connectivity index (χ1v) is 7.71. The molecule has 0 aliphatic rings. The third-order valence-corrected chi connectivity index (χ3v) is 3.24.